The second-order valence-electron chi connectivity index (χ2n) is 6.17. The molecule has 1 saturated carbocycles. The quantitative estimate of drug-likeness (QED) is 0.574. The molecule has 25 heavy (non-hydrogen) atoms. The van der Waals surface area contributed by atoms with E-state index >= 15 is 0 Å². The molecule has 1 aliphatic rings. The van der Waals surface area contributed by atoms with Crippen LogP contribution in [0.15, 0.2) is 43.2 Å². The molecular formula is C20H17N3OS. The smallest absolute Gasteiger partial charge is 0.247 e. The summed E-state index contributed by atoms with van der Waals surface area (Å²) in [6.07, 6.45) is 7.47. The van der Waals surface area contributed by atoms with E-state index in [0.29, 0.717) is 5.69 Å². The van der Waals surface area contributed by atoms with Gasteiger partial charge in [0, 0.05) is 23.5 Å². The summed E-state index contributed by atoms with van der Waals surface area (Å²) in [5.41, 5.74) is 2.38. The van der Waals surface area contributed by atoms with Crippen LogP contribution in [0.25, 0.3) is 11.0 Å². The summed E-state index contributed by atoms with van der Waals surface area (Å²) in [5, 5.41) is 3.67. The zero-order valence-corrected chi connectivity index (χ0v) is 14.7. The number of carbonyl (C=O) groups excluding carboxylic acids is 1. The molecule has 4 rings (SSSR count). The molecule has 0 saturated heterocycles. The van der Waals surface area contributed by atoms with Crippen LogP contribution in [0.2, 0.25) is 0 Å². The number of amides is 1. The zero-order valence-electron chi connectivity index (χ0n) is 13.9. The number of carbonyl (C=O) groups is 1. The van der Waals surface area contributed by atoms with Gasteiger partial charge in [-0.3, -0.25) is 4.79 Å². The Morgan fingerprint density at radius 2 is 2.28 bits per heavy atom. The predicted octanol–water partition coefficient (Wildman–Crippen LogP) is 4.04. The van der Waals surface area contributed by atoms with E-state index in [1.807, 2.05) is 23.9 Å². The van der Waals surface area contributed by atoms with Crippen molar-refractivity contribution in [3.05, 3.63) is 58.6 Å². The maximum atomic E-state index is 11.5. The summed E-state index contributed by atoms with van der Waals surface area (Å²) in [6.45, 7) is 3.46. The minimum absolute atomic E-state index is 0.254. The van der Waals surface area contributed by atoms with Gasteiger partial charge in [0.2, 0.25) is 5.91 Å². The molecule has 1 fully saturated rings. The Bertz CT molecular complexity index is 1040. The molecular weight excluding hydrogens is 330 g/mol. The molecule has 1 amide bonds. The molecule has 0 atom stereocenters. The second-order valence-corrected chi connectivity index (χ2v) is 7.28. The normalized spacial score (nSPS) is 13.3. The number of thiophene rings is 1. The number of rotatable bonds is 3. The van der Waals surface area contributed by atoms with E-state index < -0.39 is 0 Å². The molecule has 1 aliphatic carbocycles. The molecule has 124 valence electrons. The van der Waals surface area contributed by atoms with E-state index in [2.05, 4.69) is 40.9 Å². The molecule has 4 nitrogen and oxygen atoms in total. The lowest BCUT2D eigenvalue weighted by Crippen LogP contribution is -2.07. The van der Waals surface area contributed by atoms with Gasteiger partial charge in [-0.25, -0.2) is 4.98 Å². The number of aromatic nitrogens is 2. The highest BCUT2D eigenvalue weighted by Gasteiger charge is 2.24. The Hall–Kier alpha value is -2.84. The third kappa shape index (κ3) is 3.21. The summed E-state index contributed by atoms with van der Waals surface area (Å²) in [6, 6.07) is 6.20. The summed E-state index contributed by atoms with van der Waals surface area (Å²) < 4.78 is 1.95. The van der Waals surface area contributed by atoms with Crippen molar-refractivity contribution in [3.63, 3.8) is 0 Å². The van der Waals surface area contributed by atoms with Crippen molar-refractivity contribution in [2.75, 3.05) is 5.32 Å². The largest absolute Gasteiger partial charge is 0.334 e. The van der Waals surface area contributed by atoms with Crippen molar-refractivity contribution < 1.29 is 4.79 Å². The average Bonchev–Trinajstić information content (AvgIpc) is 3.28. The molecule has 3 aromatic heterocycles. The van der Waals surface area contributed by atoms with Gasteiger partial charge in [-0.1, -0.05) is 18.4 Å². The van der Waals surface area contributed by atoms with Crippen LogP contribution in [0.5, 0.6) is 0 Å². The SMILES string of the molecule is C=CC(=O)Nc1cnc2c(c1)c(C#Cc1ccc(C3CC3)s1)cn2C. The Morgan fingerprint density at radius 3 is 3.04 bits per heavy atom. The molecule has 0 unspecified atom stereocenters. The zero-order chi connectivity index (χ0) is 17.4. The van der Waals surface area contributed by atoms with Crippen molar-refractivity contribution in [2.45, 2.75) is 18.8 Å². The van der Waals surface area contributed by atoms with Gasteiger partial charge in [-0.15, -0.1) is 11.3 Å². The maximum Gasteiger partial charge on any atom is 0.247 e. The van der Waals surface area contributed by atoms with Crippen LogP contribution in [0.1, 0.15) is 34.1 Å². The minimum atomic E-state index is -0.254. The first-order valence-corrected chi connectivity index (χ1v) is 8.96. The maximum absolute atomic E-state index is 11.5. The van der Waals surface area contributed by atoms with Crippen LogP contribution in [0, 0.1) is 11.8 Å². The van der Waals surface area contributed by atoms with E-state index in [4.69, 9.17) is 0 Å². The van der Waals surface area contributed by atoms with Crippen LogP contribution < -0.4 is 5.32 Å². The molecule has 3 aromatic rings. The highest BCUT2D eigenvalue weighted by molar-refractivity contribution is 7.12. The first kappa shape index (κ1) is 15.7. The van der Waals surface area contributed by atoms with Gasteiger partial charge >= 0.3 is 0 Å². The van der Waals surface area contributed by atoms with Gasteiger partial charge < -0.3 is 9.88 Å². The number of fused-ring (bicyclic) bond motifs is 1. The molecule has 0 aromatic carbocycles. The number of anilines is 1. The Morgan fingerprint density at radius 1 is 1.44 bits per heavy atom. The molecule has 0 spiro atoms. The van der Waals surface area contributed by atoms with Crippen LogP contribution in [0.4, 0.5) is 5.69 Å². The minimum Gasteiger partial charge on any atom is -0.334 e. The first-order chi connectivity index (χ1) is 12.1. The number of nitrogens with one attached hydrogen (secondary N) is 1. The summed E-state index contributed by atoms with van der Waals surface area (Å²) in [4.78, 5) is 18.4. The molecule has 3 heterocycles. The van der Waals surface area contributed by atoms with Crippen LogP contribution >= 0.6 is 11.3 Å². The third-order valence-electron chi connectivity index (χ3n) is 4.19. The lowest BCUT2D eigenvalue weighted by molar-refractivity contribution is -0.111. The monoisotopic (exact) mass is 347 g/mol. The number of pyridine rings is 1. The first-order valence-electron chi connectivity index (χ1n) is 8.14. The Balaban J connectivity index is 1.68. The van der Waals surface area contributed by atoms with Crippen molar-refractivity contribution in [2.24, 2.45) is 7.05 Å². The Labute approximate surface area is 150 Å². The standard InChI is InChI=1S/C20H17N3OS/c1-3-19(24)22-15-10-17-14(12-23(2)20(17)21-11-15)6-7-16-8-9-18(25-16)13-4-5-13/h3,8-13H,1,4-5H2,2H3,(H,22,24). The Kier molecular flexibility index (Phi) is 3.90. The van der Waals surface area contributed by atoms with Crippen molar-refractivity contribution in [3.8, 4) is 11.8 Å². The van der Waals surface area contributed by atoms with E-state index in [1.165, 1.54) is 23.8 Å². The van der Waals surface area contributed by atoms with Gasteiger partial charge in [0.05, 0.1) is 22.3 Å². The number of hydrogen-bond acceptors (Lipinski definition) is 3. The van der Waals surface area contributed by atoms with E-state index in [9.17, 15) is 4.79 Å². The van der Waals surface area contributed by atoms with E-state index in [0.717, 1.165) is 27.4 Å². The fourth-order valence-corrected chi connectivity index (χ4v) is 3.79. The number of aryl methyl sites for hydroxylation is 1. The van der Waals surface area contributed by atoms with Crippen molar-refractivity contribution in [1.29, 1.82) is 0 Å². The van der Waals surface area contributed by atoms with Crippen LogP contribution in [-0.4, -0.2) is 15.5 Å². The molecule has 0 aliphatic heterocycles. The lowest BCUT2D eigenvalue weighted by Gasteiger charge is -2.02. The summed E-state index contributed by atoms with van der Waals surface area (Å²) >= 11 is 1.79. The average molecular weight is 347 g/mol. The molecule has 0 radical (unpaired) electrons. The van der Waals surface area contributed by atoms with Gasteiger partial charge in [0.25, 0.3) is 0 Å². The van der Waals surface area contributed by atoms with Crippen LogP contribution in [0.3, 0.4) is 0 Å². The lowest BCUT2D eigenvalue weighted by atomic mass is 10.2. The van der Waals surface area contributed by atoms with E-state index in [1.54, 1.807) is 17.5 Å². The predicted molar refractivity (Wildman–Crippen MR) is 102 cm³/mol. The highest BCUT2D eigenvalue weighted by atomic mass is 32.1. The van der Waals surface area contributed by atoms with Gasteiger partial charge in [-0.2, -0.15) is 0 Å². The third-order valence-corrected chi connectivity index (χ3v) is 5.36. The molecule has 0 bridgehead atoms. The number of hydrogen-bond donors (Lipinski definition) is 1. The summed E-state index contributed by atoms with van der Waals surface area (Å²) in [7, 11) is 1.94. The van der Waals surface area contributed by atoms with Gasteiger partial charge in [-0.05, 0) is 43.0 Å². The number of nitrogens with zero attached hydrogens (tertiary/aromatic N) is 2. The summed E-state index contributed by atoms with van der Waals surface area (Å²) in [5.74, 6) is 7.03. The van der Waals surface area contributed by atoms with E-state index in [-0.39, 0.29) is 5.91 Å². The topological polar surface area (TPSA) is 46.9 Å². The fourth-order valence-electron chi connectivity index (χ4n) is 2.76. The van der Waals surface area contributed by atoms with Crippen molar-refractivity contribution in [1.82, 2.24) is 9.55 Å². The van der Waals surface area contributed by atoms with Gasteiger partial charge in [0.1, 0.15) is 5.65 Å². The van der Waals surface area contributed by atoms with Crippen molar-refractivity contribution >= 4 is 34.0 Å². The molecule has 5 heteroatoms. The van der Waals surface area contributed by atoms with Crippen LogP contribution in [-0.2, 0) is 11.8 Å². The van der Waals surface area contributed by atoms with Gasteiger partial charge in [0.15, 0.2) is 0 Å². The molecule has 1 N–H and O–H groups in total. The highest BCUT2D eigenvalue weighted by Crippen LogP contribution is 2.43. The second kappa shape index (κ2) is 6.23. The fraction of sp³-hybridized carbons (Fsp3) is 0.200.